The number of carboxylic acids is 1. The van der Waals surface area contributed by atoms with Gasteiger partial charge in [-0.1, -0.05) is 39.2 Å². The maximum absolute atomic E-state index is 11.1. The summed E-state index contributed by atoms with van der Waals surface area (Å²) in [7, 11) is 0. The molecular formula is C12H20O2. The van der Waals surface area contributed by atoms with Crippen molar-refractivity contribution in [1.82, 2.24) is 0 Å². The van der Waals surface area contributed by atoms with Crippen LogP contribution in [0, 0.1) is 11.8 Å². The summed E-state index contributed by atoms with van der Waals surface area (Å²) >= 11 is 0. The molecule has 80 valence electrons. The Balaban J connectivity index is 2.71. The highest BCUT2D eigenvalue weighted by molar-refractivity contribution is 5.87. The highest BCUT2D eigenvalue weighted by atomic mass is 16.4. The lowest BCUT2D eigenvalue weighted by molar-refractivity contribution is -0.133. The van der Waals surface area contributed by atoms with Crippen LogP contribution in [0.5, 0.6) is 0 Å². The van der Waals surface area contributed by atoms with Crippen molar-refractivity contribution in [1.29, 1.82) is 0 Å². The predicted molar refractivity (Wildman–Crippen MR) is 57.1 cm³/mol. The van der Waals surface area contributed by atoms with Gasteiger partial charge in [0.15, 0.2) is 0 Å². The molecule has 0 unspecified atom stereocenters. The molecule has 1 rings (SSSR count). The Hall–Kier alpha value is -0.790. The minimum atomic E-state index is -0.717. The Kier molecular flexibility index (Phi) is 4.18. The van der Waals surface area contributed by atoms with Crippen LogP contribution in [0.25, 0.3) is 0 Å². The summed E-state index contributed by atoms with van der Waals surface area (Å²) in [5, 5.41) is 9.11. The lowest BCUT2D eigenvalue weighted by Crippen LogP contribution is -2.16. The number of rotatable bonds is 3. The first-order valence-electron chi connectivity index (χ1n) is 5.56. The lowest BCUT2D eigenvalue weighted by Gasteiger charge is -2.22. The minimum Gasteiger partial charge on any atom is -0.478 e. The summed E-state index contributed by atoms with van der Waals surface area (Å²) in [6, 6.07) is 0. The Morgan fingerprint density at radius 2 is 1.86 bits per heavy atom. The van der Waals surface area contributed by atoms with Gasteiger partial charge >= 0.3 is 5.97 Å². The molecule has 0 radical (unpaired) electrons. The van der Waals surface area contributed by atoms with E-state index in [1.54, 1.807) is 0 Å². The van der Waals surface area contributed by atoms with Crippen LogP contribution in [0.1, 0.15) is 46.0 Å². The number of carbonyl (C=O) groups is 1. The summed E-state index contributed by atoms with van der Waals surface area (Å²) in [6.45, 7) is 4.07. The van der Waals surface area contributed by atoms with E-state index in [1.807, 2.05) is 19.9 Å². The summed E-state index contributed by atoms with van der Waals surface area (Å²) in [5.74, 6) is -0.0720. The van der Waals surface area contributed by atoms with E-state index in [4.69, 9.17) is 5.11 Å². The minimum absolute atomic E-state index is 0.309. The van der Waals surface area contributed by atoms with Gasteiger partial charge in [-0.3, -0.25) is 0 Å². The van der Waals surface area contributed by atoms with Crippen LogP contribution >= 0.6 is 0 Å². The topological polar surface area (TPSA) is 37.3 Å². The van der Waals surface area contributed by atoms with Crippen molar-refractivity contribution in [3.05, 3.63) is 11.6 Å². The van der Waals surface area contributed by atoms with Gasteiger partial charge < -0.3 is 5.11 Å². The SMILES string of the molecule is CC(C)/C=C(/C(=O)O)C1CCCCC1. The van der Waals surface area contributed by atoms with E-state index < -0.39 is 5.97 Å². The highest BCUT2D eigenvalue weighted by Crippen LogP contribution is 2.30. The first kappa shape index (κ1) is 11.3. The first-order valence-corrected chi connectivity index (χ1v) is 5.56. The van der Waals surface area contributed by atoms with Gasteiger partial charge in [-0.2, -0.15) is 0 Å². The molecule has 0 bridgehead atoms. The fourth-order valence-electron chi connectivity index (χ4n) is 2.15. The second-order valence-electron chi connectivity index (χ2n) is 4.51. The molecule has 14 heavy (non-hydrogen) atoms. The number of carboxylic acid groups (broad SMARTS) is 1. The predicted octanol–water partition coefficient (Wildman–Crippen LogP) is 3.23. The van der Waals surface area contributed by atoms with E-state index in [-0.39, 0.29) is 0 Å². The van der Waals surface area contributed by atoms with Gasteiger partial charge in [-0.25, -0.2) is 4.79 Å². The van der Waals surface area contributed by atoms with Crippen molar-refractivity contribution in [2.45, 2.75) is 46.0 Å². The molecule has 1 aliphatic carbocycles. The summed E-state index contributed by atoms with van der Waals surface area (Å²) in [4.78, 5) is 11.1. The van der Waals surface area contributed by atoms with Crippen molar-refractivity contribution >= 4 is 5.97 Å². The van der Waals surface area contributed by atoms with Gasteiger partial charge in [0.2, 0.25) is 0 Å². The molecule has 1 fully saturated rings. The largest absolute Gasteiger partial charge is 0.478 e. The summed E-state index contributed by atoms with van der Waals surface area (Å²) in [5.41, 5.74) is 0.653. The molecule has 0 saturated heterocycles. The van der Waals surface area contributed by atoms with Crippen molar-refractivity contribution in [3.8, 4) is 0 Å². The van der Waals surface area contributed by atoms with E-state index in [0.717, 1.165) is 12.8 Å². The Morgan fingerprint density at radius 1 is 1.29 bits per heavy atom. The van der Waals surface area contributed by atoms with Crippen LogP contribution in [-0.2, 0) is 4.79 Å². The molecule has 0 heterocycles. The Bertz CT molecular complexity index is 222. The zero-order valence-electron chi connectivity index (χ0n) is 9.12. The van der Waals surface area contributed by atoms with Gasteiger partial charge in [0, 0.05) is 5.57 Å². The summed E-state index contributed by atoms with van der Waals surface area (Å²) < 4.78 is 0. The van der Waals surface area contributed by atoms with Gasteiger partial charge in [0.25, 0.3) is 0 Å². The van der Waals surface area contributed by atoms with Gasteiger partial charge in [-0.15, -0.1) is 0 Å². The van der Waals surface area contributed by atoms with Gasteiger partial charge in [-0.05, 0) is 24.7 Å². The van der Waals surface area contributed by atoms with Crippen LogP contribution in [0.2, 0.25) is 0 Å². The molecule has 0 atom stereocenters. The van der Waals surface area contributed by atoms with Crippen LogP contribution in [0.15, 0.2) is 11.6 Å². The third kappa shape index (κ3) is 3.17. The fourth-order valence-corrected chi connectivity index (χ4v) is 2.15. The molecular weight excluding hydrogens is 176 g/mol. The smallest absolute Gasteiger partial charge is 0.331 e. The van der Waals surface area contributed by atoms with Crippen LogP contribution in [0.4, 0.5) is 0 Å². The molecule has 1 saturated carbocycles. The fraction of sp³-hybridized carbons (Fsp3) is 0.750. The zero-order chi connectivity index (χ0) is 10.6. The molecule has 1 aliphatic rings. The zero-order valence-corrected chi connectivity index (χ0v) is 9.12. The maximum Gasteiger partial charge on any atom is 0.331 e. The molecule has 0 aromatic rings. The van der Waals surface area contributed by atoms with E-state index in [9.17, 15) is 4.79 Å². The number of aliphatic carboxylic acids is 1. The maximum atomic E-state index is 11.1. The molecule has 0 aromatic heterocycles. The van der Waals surface area contributed by atoms with Crippen molar-refractivity contribution in [3.63, 3.8) is 0 Å². The van der Waals surface area contributed by atoms with E-state index in [1.165, 1.54) is 19.3 Å². The molecule has 0 aliphatic heterocycles. The quantitative estimate of drug-likeness (QED) is 0.703. The first-order chi connectivity index (χ1) is 6.61. The molecule has 2 nitrogen and oxygen atoms in total. The number of hydrogen-bond acceptors (Lipinski definition) is 1. The standard InChI is InChI=1S/C12H20O2/c1-9(2)8-11(12(13)14)10-6-4-3-5-7-10/h8-10H,3-7H2,1-2H3,(H,13,14)/b11-8+. The monoisotopic (exact) mass is 196 g/mol. The third-order valence-electron chi connectivity index (χ3n) is 2.80. The highest BCUT2D eigenvalue weighted by Gasteiger charge is 2.22. The van der Waals surface area contributed by atoms with Crippen LogP contribution in [-0.4, -0.2) is 11.1 Å². The molecule has 0 spiro atoms. The average Bonchev–Trinajstić information content (AvgIpc) is 2.15. The molecule has 2 heteroatoms. The van der Waals surface area contributed by atoms with E-state index in [2.05, 4.69) is 0 Å². The Labute approximate surface area is 86.0 Å². The number of allylic oxidation sites excluding steroid dienone is 1. The normalized spacial score (nSPS) is 20.1. The van der Waals surface area contributed by atoms with Crippen LogP contribution in [0.3, 0.4) is 0 Å². The van der Waals surface area contributed by atoms with Crippen molar-refractivity contribution in [2.24, 2.45) is 11.8 Å². The van der Waals surface area contributed by atoms with Crippen molar-refractivity contribution in [2.75, 3.05) is 0 Å². The third-order valence-corrected chi connectivity index (χ3v) is 2.80. The second kappa shape index (κ2) is 5.18. The molecule has 0 amide bonds. The molecule has 0 aromatic carbocycles. The lowest BCUT2D eigenvalue weighted by atomic mass is 9.83. The van der Waals surface area contributed by atoms with Crippen molar-refractivity contribution < 1.29 is 9.90 Å². The van der Waals surface area contributed by atoms with E-state index in [0.29, 0.717) is 17.4 Å². The van der Waals surface area contributed by atoms with Gasteiger partial charge in [0.05, 0.1) is 0 Å². The summed E-state index contributed by atoms with van der Waals surface area (Å²) in [6.07, 6.45) is 7.68. The number of hydrogen-bond donors (Lipinski definition) is 1. The van der Waals surface area contributed by atoms with E-state index >= 15 is 0 Å². The second-order valence-corrected chi connectivity index (χ2v) is 4.51. The van der Waals surface area contributed by atoms with Gasteiger partial charge in [0.1, 0.15) is 0 Å². The Morgan fingerprint density at radius 3 is 2.29 bits per heavy atom. The molecule has 1 N–H and O–H groups in total. The average molecular weight is 196 g/mol. The van der Waals surface area contributed by atoms with Crippen LogP contribution < -0.4 is 0 Å².